The summed E-state index contributed by atoms with van der Waals surface area (Å²) in [5.41, 5.74) is 2.05. The molecule has 0 spiro atoms. The fourth-order valence-corrected chi connectivity index (χ4v) is 3.83. The Morgan fingerprint density at radius 3 is 2.57 bits per heavy atom. The zero-order valence-electron chi connectivity index (χ0n) is 15.9. The maximum atomic E-state index is 12.9. The van der Waals surface area contributed by atoms with Crippen LogP contribution in [0.3, 0.4) is 0 Å². The molecule has 1 amide bonds. The van der Waals surface area contributed by atoms with Gasteiger partial charge in [-0.25, -0.2) is 4.68 Å². The number of nitrogens with zero attached hydrogens (tertiary/aromatic N) is 4. The quantitative estimate of drug-likeness (QED) is 0.683. The number of amides is 1. The predicted molar refractivity (Wildman–Crippen MR) is 104 cm³/mol. The lowest BCUT2D eigenvalue weighted by atomic mass is 9.91. The number of aromatic nitrogens is 3. The van der Waals surface area contributed by atoms with E-state index < -0.39 is 0 Å². The van der Waals surface area contributed by atoms with Crippen molar-refractivity contribution < 1.29 is 14.3 Å². The van der Waals surface area contributed by atoms with Crippen molar-refractivity contribution >= 4 is 11.9 Å². The van der Waals surface area contributed by atoms with E-state index in [4.69, 9.17) is 9.47 Å². The molecule has 1 aromatic heterocycles. The van der Waals surface area contributed by atoms with Gasteiger partial charge in [0.25, 0.3) is 5.91 Å². The van der Waals surface area contributed by atoms with Crippen LogP contribution in [-0.2, 0) is 9.53 Å². The lowest BCUT2D eigenvalue weighted by Crippen LogP contribution is -2.44. The van der Waals surface area contributed by atoms with E-state index in [1.165, 1.54) is 13.4 Å². The fourth-order valence-electron chi connectivity index (χ4n) is 3.83. The van der Waals surface area contributed by atoms with Crippen LogP contribution in [-0.4, -0.2) is 41.5 Å². The van der Waals surface area contributed by atoms with Crippen molar-refractivity contribution in [1.82, 2.24) is 14.8 Å². The number of ether oxygens (including phenoxy) is 2. The molecule has 0 radical (unpaired) electrons. The van der Waals surface area contributed by atoms with Crippen molar-refractivity contribution in [3.05, 3.63) is 72.1 Å². The number of benzene rings is 2. The van der Waals surface area contributed by atoms with Crippen LogP contribution in [0.2, 0.25) is 0 Å². The van der Waals surface area contributed by atoms with E-state index in [2.05, 4.69) is 10.1 Å². The largest absolute Gasteiger partial charge is 0.496 e. The Kier molecular flexibility index (Phi) is 5.08. The minimum absolute atomic E-state index is 0.0183. The predicted octanol–water partition coefficient (Wildman–Crippen LogP) is 3.00. The van der Waals surface area contributed by atoms with E-state index in [-0.39, 0.29) is 24.6 Å². The number of hydrogen-bond acceptors (Lipinski definition) is 5. The van der Waals surface area contributed by atoms with Crippen LogP contribution in [0.15, 0.2) is 60.9 Å². The third kappa shape index (κ3) is 3.14. The first-order chi connectivity index (χ1) is 13.7. The van der Waals surface area contributed by atoms with Gasteiger partial charge in [-0.3, -0.25) is 9.69 Å². The van der Waals surface area contributed by atoms with E-state index in [1.54, 1.807) is 16.7 Å². The smallest absolute Gasteiger partial charge is 0.255 e. The van der Waals surface area contributed by atoms with Crippen molar-refractivity contribution in [3.63, 3.8) is 0 Å². The molecular formula is C21H22N4O3. The second-order valence-corrected chi connectivity index (χ2v) is 6.62. The molecule has 3 aromatic rings. The van der Waals surface area contributed by atoms with Gasteiger partial charge in [0.15, 0.2) is 0 Å². The van der Waals surface area contributed by atoms with Crippen LogP contribution in [0.4, 0.5) is 5.95 Å². The topological polar surface area (TPSA) is 69.5 Å². The molecule has 1 aliphatic heterocycles. The molecule has 28 heavy (non-hydrogen) atoms. The molecular weight excluding hydrogens is 356 g/mol. The van der Waals surface area contributed by atoms with Gasteiger partial charge in [0.05, 0.1) is 19.2 Å². The van der Waals surface area contributed by atoms with E-state index in [9.17, 15) is 4.79 Å². The molecule has 0 fully saturated rings. The van der Waals surface area contributed by atoms with Gasteiger partial charge in [-0.05, 0) is 18.1 Å². The zero-order valence-corrected chi connectivity index (χ0v) is 15.9. The molecule has 0 unspecified atom stereocenters. The molecule has 7 heteroatoms. The van der Waals surface area contributed by atoms with Crippen LogP contribution in [0.25, 0.3) is 0 Å². The normalized spacial score (nSPS) is 18.6. The summed E-state index contributed by atoms with van der Waals surface area (Å²) in [6.45, 7) is -0.0183. The zero-order chi connectivity index (χ0) is 19.5. The van der Waals surface area contributed by atoms with Gasteiger partial charge in [0, 0.05) is 12.7 Å². The van der Waals surface area contributed by atoms with Gasteiger partial charge in [-0.2, -0.15) is 10.1 Å². The number of hydrogen-bond donors (Lipinski definition) is 0. The Morgan fingerprint density at radius 2 is 1.82 bits per heavy atom. The highest BCUT2D eigenvalue weighted by Gasteiger charge is 2.39. The number of carbonyl (C=O) groups excluding carboxylic acids is 1. The fraction of sp³-hybridized carbons (Fsp3) is 0.286. The molecule has 0 N–H and O–H groups in total. The van der Waals surface area contributed by atoms with E-state index in [1.807, 2.05) is 54.6 Å². The summed E-state index contributed by atoms with van der Waals surface area (Å²) in [6, 6.07) is 17.6. The summed E-state index contributed by atoms with van der Waals surface area (Å²) in [5.74, 6) is 1.15. The molecule has 2 heterocycles. The number of methoxy groups -OCH3 is 2. The highest BCUT2D eigenvalue weighted by Crippen LogP contribution is 2.43. The first-order valence-corrected chi connectivity index (χ1v) is 9.13. The average molecular weight is 378 g/mol. The van der Waals surface area contributed by atoms with Crippen LogP contribution >= 0.6 is 0 Å². The van der Waals surface area contributed by atoms with Gasteiger partial charge in [0.2, 0.25) is 5.95 Å². The lowest BCUT2D eigenvalue weighted by molar-refractivity contribution is -0.123. The molecule has 0 saturated heterocycles. The van der Waals surface area contributed by atoms with Crippen LogP contribution < -0.4 is 9.64 Å². The maximum absolute atomic E-state index is 12.9. The number of rotatable bonds is 5. The van der Waals surface area contributed by atoms with Crippen molar-refractivity contribution in [3.8, 4) is 5.75 Å². The summed E-state index contributed by atoms with van der Waals surface area (Å²) in [5, 5.41) is 4.43. The summed E-state index contributed by atoms with van der Waals surface area (Å²) in [6.07, 6.45) is 2.13. The molecule has 1 aliphatic rings. The maximum Gasteiger partial charge on any atom is 0.255 e. The Labute approximate surface area is 163 Å². The van der Waals surface area contributed by atoms with Gasteiger partial charge >= 0.3 is 0 Å². The van der Waals surface area contributed by atoms with E-state index >= 15 is 0 Å². The first kappa shape index (κ1) is 18.2. The molecule has 2 atom stereocenters. The number of carbonyl (C=O) groups is 1. The molecule has 4 rings (SSSR count). The highest BCUT2D eigenvalue weighted by molar-refractivity contribution is 5.93. The molecule has 2 aromatic carbocycles. The minimum Gasteiger partial charge on any atom is -0.496 e. The van der Waals surface area contributed by atoms with Gasteiger partial charge in [-0.15, -0.1) is 0 Å². The van der Waals surface area contributed by atoms with E-state index in [0.29, 0.717) is 12.4 Å². The van der Waals surface area contributed by atoms with Crippen molar-refractivity contribution in [1.29, 1.82) is 0 Å². The molecule has 0 saturated carbocycles. The highest BCUT2D eigenvalue weighted by atomic mass is 16.5. The van der Waals surface area contributed by atoms with Gasteiger partial charge in [-0.1, -0.05) is 48.5 Å². The number of fused-ring (bicyclic) bond motifs is 1. The Bertz CT molecular complexity index is 957. The monoisotopic (exact) mass is 378 g/mol. The van der Waals surface area contributed by atoms with Crippen molar-refractivity contribution in [2.24, 2.45) is 0 Å². The number of para-hydroxylation sites is 1. The lowest BCUT2D eigenvalue weighted by Gasteiger charge is -2.39. The Hall–Kier alpha value is -3.19. The Balaban J connectivity index is 1.85. The average Bonchev–Trinajstić information content (AvgIpc) is 3.23. The molecule has 0 aliphatic carbocycles. The minimum atomic E-state index is -0.185. The van der Waals surface area contributed by atoms with Crippen LogP contribution in [0.5, 0.6) is 5.75 Å². The summed E-state index contributed by atoms with van der Waals surface area (Å²) >= 11 is 0. The molecule has 7 nitrogen and oxygen atoms in total. The van der Waals surface area contributed by atoms with Crippen LogP contribution in [0, 0.1) is 0 Å². The summed E-state index contributed by atoms with van der Waals surface area (Å²) in [4.78, 5) is 19.0. The van der Waals surface area contributed by atoms with E-state index in [0.717, 1.165) is 16.9 Å². The summed E-state index contributed by atoms with van der Waals surface area (Å²) < 4.78 is 12.5. The second-order valence-electron chi connectivity index (χ2n) is 6.62. The van der Waals surface area contributed by atoms with Crippen molar-refractivity contribution in [2.45, 2.75) is 18.5 Å². The summed E-state index contributed by atoms with van der Waals surface area (Å²) in [7, 11) is 3.18. The second kappa shape index (κ2) is 7.82. The standard InChI is InChI=1S/C21H22N4O3/c1-27-13-20(26)24-17(15-8-4-3-5-9-15)12-18(25-21(24)22-14-23-25)16-10-6-7-11-19(16)28-2/h3-11,14,17-18H,12-13H2,1-2H3/t17-,18-/m1/s1. The number of anilines is 1. The molecule has 0 bridgehead atoms. The van der Waals surface area contributed by atoms with Crippen LogP contribution in [0.1, 0.15) is 29.6 Å². The Morgan fingerprint density at radius 1 is 1.07 bits per heavy atom. The first-order valence-electron chi connectivity index (χ1n) is 9.13. The third-order valence-corrected chi connectivity index (χ3v) is 5.04. The third-order valence-electron chi connectivity index (χ3n) is 5.04. The molecule has 144 valence electrons. The van der Waals surface area contributed by atoms with Gasteiger partial charge < -0.3 is 9.47 Å². The van der Waals surface area contributed by atoms with Gasteiger partial charge in [0.1, 0.15) is 18.7 Å². The van der Waals surface area contributed by atoms with Crippen molar-refractivity contribution in [2.75, 3.05) is 25.7 Å². The SMILES string of the molecule is COCC(=O)N1c2ncnn2[C@@H](c2ccccc2OC)C[C@@H]1c1ccccc1.